The maximum Gasteiger partial charge on any atom is 0.408 e. The monoisotopic (exact) mass is 398 g/mol. The van der Waals surface area contributed by atoms with Gasteiger partial charge in [-0.05, 0) is 40.8 Å². The quantitative estimate of drug-likeness (QED) is 0.314. The lowest BCUT2D eigenvalue weighted by molar-refractivity contribution is 0.425. The number of hydrogen-bond donors (Lipinski definition) is 0. The summed E-state index contributed by atoms with van der Waals surface area (Å²) in [5.41, 5.74) is 0. The Bertz CT molecular complexity index is 588. The van der Waals surface area contributed by atoms with E-state index in [9.17, 15) is 0 Å². The van der Waals surface area contributed by atoms with E-state index < -0.39 is 9.80 Å². The molecule has 2 aliphatic rings. The van der Waals surface area contributed by atoms with Crippen molar-refractivity contribution in [2.45, 2.75) is 0 Å². The Morgan fingerprint density at radius 2 is 2.35 bits per heavy atom. The van der Waals surface area contributed by atoms with Crippen LogP contribution in [0.2, 0.25) is 0 Å². The van der Waals surface area contributed by atoms with Gasteiger partial charge in [-0.3, -0.25) is 0 Å². The molecule has 1 atom stereocenters. The minimum atomic E-state index is -0.540. The summed E-state index contributed by atoms with van der Waals surface area (Å²) < 4.78 is 16.1. The van der Waals surface area contributed by atoms with Crippen LogP contribution in [0.1, 0.15) is 0 Å². The third kappa shape index (κ3) is 2.47. The Labute approximate surface area is 122 Å². The van der Waals surface area contributed by atoms with Gasteiger partial charge in [-0.25, -0.2) is 0 Å². The zero-order chi connectivity index (χ0) is 11.8. The Kier molecular flexibility index (Phi) is 3.33. The second kappa shape index (κ2) is 4.79. The SMILES string of the molecule is ClC1=NSS2=C1N=C(Oc1cccc(I)c1)O2. The molecular formula is C9H4ClIN2O2S2. The molecule has 0 saturated heterocycles. The van der Waals surface area contributed by atoms with Gasteiger partial charge in [0, 0.05) is 3.57 Å². The van der Waals surface area contributed by atoms with Crippen LogP contribution in [0.25, 0.3) is 0 Å². The Balaban J connectivity index is 1.77. The summed E-state index contributed by atoms with van der Waals surface area (Å²) in [6.07, 6.45) is 0.228. The molecule has 0 fully saturated rings. The number of ether oxygens (including phenoxy) is 1. The van der Waals surface area contributed by atoms with Crippen LogP contribution in [-0.4, -0.2) is 16.2 Å². The number of benzene rings is 1. The molecular weight excluding hydrogens is 395 g/mol. The van der Waals surface area contributed by atoms with Gasteiger partial charge >= 0.3 is 6.08 Å². The van der Waals surface area contributed by atoms with Crippen LogP contribution in [0.3, 0.4) is 0 Å². The first kappa shape index (κ1) is 11.8. The molecule has 0 aliphatic carbocycles. The van der Waals surface area contributed by atoms with E-state index in [2.05, 4.69) is 32.0 Å². The lowest BCUT2D eigenvalue weighted by atomic mass is 10.3. The molecule has 1 aromatic carbocycles. The van der Waals surface area contributed by atoms with E-state index in [1.165, 1.54) is 11.0 Å². The molecule has 1 unspecified atom stereocenters. The average Bonchev–Trinajstić information content (AvgIpc) is 2.82. The molecule has 0 amide bonds. The molecule has 17 heavy (non-hydrogen) atoms. The second-order valence-electron chi connectivity index (χ2n) is 3.02. The Morgan fingerprint density at radius 1 is 1.47 bits per heavy atom. The number of aliphatic imine (C=N–C) groups is 1. The zero-order valence-corrected chi connectivity index (χ0v) is 12.6. The first-order valence-electron chi connectivity index (χ1n) is 4.45. The third-order valence-electron chi connectivity index (χ3n) is 1.86. The fourth-order valence-corrected chi connectivity index (χ4v) is 4.56. The van der Waals surface area contributed by atoms with E-state index in [1.807, 2.05) is 24.3 Å². The smallest absolute Gasteiger partial charge is 0.408 e. The minimum Gasteiger partial charge on any atom is -0.410 e. The van der Waals surface area contributed by atoms with Crippen LogP contribution in [0.4, 0.5) is 0 Å². The number of hydrogen-bond acceptors (Lipinski definition) is 5. The Morgan fingerprint density at radius 3 is 3.12 bits per heavy atom. The fourth-order valence-electron chi connectivity index (χ4n) is 1.19. The first-order valence-corrected chi connectivity index (χ1v) is 8.35. The highest BCUT2D eigenvalue weighted by Gasteiger charge is 2.29. The lowest BCUT2D eigenvalue weighted by Crippen LogP contribution is -2.08. The molecule has 2 heterocycles. The normalized spacial score (nSPS) is 21.8. The molecule has 88 valence electrons. The van der Waals surface area contributed by atoms with Crippen molar-refractivity contribution in [3.8, 4) is 5.75 Å². The molecule has 2 aliphatic heterocycles. The van der Waals surface area contributed by atoms with Gasteiger partial charge in [0.1, 0.15) is 15.5 Å². The first-order chi connectivity index (χ1) is 8.22. The van der Waals surface area contributed by atoms with Crippen LogP contribution in [0.5, 0.6) is 5.75 Å². The highest BCUT2D eigenvalue weighted by atomic mass is 127. The number of halogens is 2. The maximum atomic E-state index is 5.86. The van der Waals surface area contributed by atoms with E-state index in [0.717, 1.165) is 3.57 Å². The van der Waals surface area contributed by atoms with Crippen LogP contribution in [-0.2, 0) is 4.18 Å². The van der Waals surface area contributed by atoms with Crippen molar-refractivity contribution < 1.29 is 8.92 Å². The molecule has 0 aromatic heterocycles. The molecule has 0 radical (unpaired) electrons. The summed E-state index contributed by atoms with van der Waals surface area (Å²) in [6.45, 7) is 0. The van der Waals surface area contributed by atoms with Gasteiger partial charge in [-0.15, -0.1) is 0 Å². The third-order valence-corrected chi connectivity index (χ3v) is 5.60. The maximum absolute atomic E-state index is 5.86. The van der Waals surface area contributed by atoms with Gasteiger partial charge < -0.3 is 8.92 Å². The molecule has 3 rings (SSSR count). The van der Waals surface area contributed by atoms with Crippen LogP contribution in [0, 0.1) is 3.57 Å². The molecule has 8 heteroatoms. The predicted molar refractivity (Wildman–Crippen MR) is 81.8 cm³/mol. The predicted octanol–water partition coefficient (Wildman–Crippen LogP) is 3.58. The van der Waals surface area contributed by atoms with Gasteiger partial charge in [0.05, 0.1) is 11.0 Å². The van der Waals surface area contributed by atoms with Crippen molar-refractivity contribution in [2.24, 2.45) is 9.39 Å². The standard InChI is InChI=1S/C9H4ClIN2O2S2/c10-7-8-12-9(15-17(8)16-13-7)14-6-3-1-2-5(11)4-6/h1-4H. The lowest BCUT2D eigenvalue weighted by Gasteiger charge is -2.05. The number of rotatable bonds is 1. The van der Waals surface area contributed by atoms with E-state index in [1.54, 1.807) is 0 Å². The number of nitrogens with zero attached hydrogens (tertiary/aromatic N) is 2. The average molecular weight is 399 g/mol. The van der Waals surface area contributed by atoms with Crippen molar-refractivity contribution in [3.63, 3.8) is 0 Å². The van der Waals surface area contributed by atoms with E-state index in [4.69, 9.17) is 20.5 Å². The van der Waals surface area contributed by atoms with Crippen molar-refractivity contribution >= 4 is 71.2 Å². The highest BCUT2D eigenvalue weighted by molar-refractivity contribution is 14.1. The summed E-state index contributed by atoms with van der Waals surface area (Å²) in [6, 6.07) is 7.64. The van der Waals surface area contributed by atoms with Gasteiger partial charge in [0.25, 0.3) is 0 Å². The van der Waals surface area contributed by atoms with Crippen molar-refractivity contribution in [2.75, 3.05) is 0 Å². The van der Waals surface area contributed by atoms with Gasteiger partial charge in [0.15, 0.2) is 10.2 Å². The summed E-state index contributed by atoms with van der Waals surface area (Å²) in [7, 11) is 0.727. The summed E-state index contributed by atoms with van der Waals surface area (Å²) in [5.74, 6) is 0.694. The van der Waals surface area contributed by atoms with E-state index in [0.29, 0.717) is 15.9 Å². The highest BCUT2D eigenvalue weighted by Crippen LogP contribution is 2.44. The topological polar surface area (TPSA) is 43.2 Å². The van der Waals surface area contributed by atoms with Crippen molar-refractivity contribution in [3.05, 3.63) is 27.8 Å². The molecule has 0 bridgehead atoms. The van der Waals surface area contributed by atoms with Crippen molar-refractivity contribution in [1.29, 1.82) is 0 Å². The van der Waals surface area contributed by atoms with Crippen LogP contribution in [0.15, 0.2) is 33.7 Å². The van der Waals surface area contributed by atoms with E-state index in [-0.39, 0.29) is 6.08 Å². The summed E-state index contributed by atoms with van der Waals surface area (Å²) >= 11 is 8.08. The zero-order valence-electron chi connectivity index (χ0n) is 8.09. The molecule has 0 N–H and O–H groups in total. The largest absolute Gasteiger partial charge is 0.410 e. The van der Waals surface area contributed by atoms with Gasteiger partial charge in [0.2, 0.25) is 0 Å². The van der Waals surface area contributed by atoms with Crippen molar-refractivity contribution in [1.82, 2.24) is 0 Å². The molecule has 0 spiro atoms. The summed E-state index contributed by atoms with van der Waals surface area (Å²) in [4.78, 5) is 4.82. The van der Waals surface area contributed by atoms with Gasteiger partial charge in [-0.1, -0.05) is 17.7 Å². The minimum absolute atomic E-state index is 0.228. The van der Waals surface area contributed by atoms with Crippen LogP contribution >= 0.6 is 55.0 Å². The molecule has 1 aromatic rings. The second-order valence-corrected chi connectivity index (χ2v) is 7.33. The van der Waals surface area contributed by atoms with Gasteiger partial charge in [-0.2, -0.15) is 9.39 Å². The Hall–Kier alpha value is -0.250. The molecule has 4 nitrogen and oxygen atoms in total. The van der Waals surface area contributed by atoms with E-state index >= 15 is 0 Å². The fraction of sp³-hybridized carbons (Fsp3) is 0. The summed E-state index contributed by atoms with van der Waals surface area (Å²) in [5, 5.41) is 0.388. The van der Waals surface area contributed by atoms with Crippen LogP contribution < -0.4 is 4.74 Å². The molecule has 0 saturated carbocycles.